The minimum atomic E-state index is 0.00325. The predicted octanol–water partition coefficient (Wildman–Crippen LogP) is 1.07. The first-order valence-corrected chi connectivity index (χ1v) is 5.70. The summed E-state index contributed by atoms with van der Waals surface area (Å²) >= 11 is 0. The summed E-state index contributed by atoms with van der Waals surface area (Å²) in [6.45, 7) is 4.86. The van der Waals surface area contributed by atoms with Gasteiger partial charge in [-0.3, -0.25) is 4.79 Å². The lowest BCUT2D eigenvalue weighted by atomic mass is 10.5. The van der Waals surface area contributed by atoms with Crippen molar-refractivity contribution in [1.82, 2.24) is 14.9 Å². The van der Waals surface area contributed by atoms with Gasteiger partial charge in [-0.2, -0.15) is 0 Å². The number of nitrogens with zero attached hydrogens (tertiary/aromatic N) is 2. The quantitative estimate of drug-likeness (QED) is 0.733. The van der Waals surface area contributed by atoms with E-state index in [1.807, 2.05) is 6.92 Å². The fraction of sp³-hybridized carbons (Fsp3) is 0.636. The zero-order valence-corrected chi connectivity index (χ0v) is 9.79. The smallest absolute Gasteiger partial charge is 0.216 e. The van der Waals surface area contributed by atoms with Gasteiger partial charge in [-0.05, 0) is 19.8 Å². The second-order valence-electron chi connectivity index (χ2n) is 4.25. The van der Waals surface area contributed by atoms with Gasteiger partial charge in [-0.1, -0.05) is 0 Å². The Hall–Kier alpha value is -1.52. The molecule has 1 aliphatic rings. The van der Waals surface area contributed by atoms with Gasteiger partial charge in [-0.25, -0.2) is 4.98 Å². The van der Waals surface area contributed by atoms with Crippen LogP contribution < -0.4 is 10.6 Å². The van der Waals surface area contributed by atoms with E-state index in [2.05, 4.69) is 26.4 Å². The average Bonchev–Trinajstić information content (AvgIpc) is 2.98. The largest absolute Gasteiger partial charge is 0.355 e. The molecule has 0 spiro atoms. The number of rotatable bonds is 5. The lowest BCUT2D eigenvalue weighted by molar-refractivity contribution is -0.118. The van der Waals surface area contributed by atoms with E-state index in [9.17, 15) is 4.79 Å². The van der Waals surface area contributed by atoms with Gasteiger partial charge in [0.25, 0.3) is 0 Å². The molecule has 0 atom stereocenters. The molecular formula is C11H18N4O. The van der Waals surface area contributed by atoms with E-state index < -0.39 is 0 Å². The molecule has 1 aromatic rings. The Morgan fingerprint density at radius 2 is 2.31 bits per heavy atom. The summed E-state index contributed by atoms with van der Waals surface area (Å²) in [5, 5.41) is 6.00. The number of carbonyl (C=O) groups is 1. The van der Waals surface area contributed by atoms with Crippen LogP contribution in [0.3, 0.4) is 0 Å². The Morgan fingerprint density at radius 1 is 1.56 bits per heavy atom. The Morgan fingerprint density at radius 3 is 2.94 bits per heavy atom. The number of aryl methyl sites for hydroxylation is 1. The fourth-order valence-corrected chi connectivity index (χ4v) is 1.69. The normalized spacial score (nSPS) is 14.9. The Labute approximate surface area is 95.2 Å². The summed E-state index contributed by atoms with van der Waals surface area (Å²) in [6.07, 6.45) is 4.57. The summed E-state index contributed by atoms with van der Waals surface area (Å²) in [7, 11) is 0. The minimum Gasteiger partial charge on any atom is -0.355 e. The van der Waals surface area contributed by atoms with Crippen molar-refractivity contribution >= 4 is 11.9 Å². The molecule has 1 fully saturated rings. The molecule has 1 amide bonds. The second kappa shape index (κ2) is 4.55. The van der Waals surface area contributed by atoms with Crippen molar-refractivity contribution in [2.24, 2.45) is 0 Å². The van der Waals surface area contributed by atoms with Crippen LogP contribution >= 0.6 is 0 Å². The van der Waals surface area contributed by atoms with E-state index in [0.717, 1.165) is 11.6 Å². The SMILES string of the molecule is CC(=O)NCCNc1nc(C)cn1C1CC1. The number of hydrogen-bond acceptors (Lipinski definition) is 3. The summed E-state index contributed by atoms with van der Waals surface area (Å²) < 4.78 is 2.20. The summed E-state index contributed by atoms with van der Waals surface area (Å²) in [6, 6.07) is 0.629. The zero-order chi connectivity index (χ0) is 11.5. The van der Waals surface area contributed by atoms with Crippen LogP contribution in [0.4, 0.5) is 5.95 Å². The van der Waals surface area contributed by atoms with Crippen LogP contribution in [-0.4, -0.2) is 28.5 Å². The van der Waals surface area contributed by atoms with Crippen molar-refractivity contribution in [3.8, 4) is 0 Å². The highest BCUT2D eigenvalue weighted by atomic mass is 16.1. The zero-order valence-electron chi connectivity index (χ0n) is 9.79. The van der Waals surface area contributed by atoms with E-state index in [4.69, 9.17) is 0 Å². The van der Waals surface area contributed by atoms with Crippen LogP contribution in [0.1, 0.15) is 31.5 Å². The van der Waals surface area contributed by atoms with Gasteiger partial charge in [0.1, 0.15) is 0 Å². The van der Waals surface area contributed by atoms with Gasteiger partial charge in [0, 0.05) is 32.3 Å². The maximum atomic E-state index is 10.7. The van der Waals surface area contributed by atoms with Gasteiger partial charge >= 0.3 is 0 Å². The predicted molar refractivity (Wildman–Crippen MR) is 62.4 cm³/mol. The first-order chi connectivity index (χ1) is 7.66. The van der Waals surface area contributed by atoms with Crippen molar-refractivity contribution in [2.75, 3.05) is 18.4 Å². The molecule has 5 heteroatoms. The molecule has 2 rings (SSSR count). The van der Waals surface area contributed by atoms with Gasteiger partial charge in [0.2, 0.25) is 11.9 Å². The standard InChI is InChI=1S/C11H18N4O/c1-8-7-15(10-3-4-10)11(14-8)13-6-5-12-9(2)16/h7,10H,3-6H2,1-2H3,(H,12,16)(H,13,14). The Balaban J connectivity index is 1.85. The van der Waals surface area contributed by atoms with Crippen LogP contribution in [0.2, 0.25) is 0 Å². The number of nitrogens with one attached hydrogen (secondary N) is 2. The number of hydrogen-bond donors (Lipinski definition) is 2. The van der Waals surface area contributed by atoms with Crippen molar-refractivity contribution < 1.29 is 4.79 Å². The molecule has 5 nitrogen and oxygen atoms in total. The van der Waals surface area contributed by atoms with Gasteiger partial charge in [-0.15, -0.1) is 0 Å². The lowest BCUT2D eigenvalue weighted by Crippen LogP contribution is -2.26. The molecule has 0 unspecified atom stereocenters. The highest BCUT2D eigenvalue weighted by Crippen LogP contribution is 2.37. The second-order valence-corrected chi connectivity index (χ2v) is 4.25. The molecular weight excluding hydrogens is 204 g/mol. The molecule has 1 aromatic heterocycles. The fourth-order valence-electron chi connectivity index (χ4n) is 1.69. The van der Waals surface area contributed by atoms with Crippen LogP contribution in [0.15, 0.2) is 6.20 Å². The third-order valence-electron chi connectivity index (χ3n) is 2.58. The van der Waals surface area contributed by atoms with E-state index in [1.54, 1.807) is 0 Å². The molecule has 2 N–H and O–H groups in total. The first-order valence-electron chi connectivity index (χ1n) is 5.70. The van der Waals surface area contributed by atoms with Crippen molar-refractivity contribution in [3.63, 3.8) is 0 Å². The molecule has 0 bridgehead atoms. The third kappa shape index (κ3) is 2.74. The van der Waals surface area contributed by atoms with Gasteiger partial charge in [0.05, 0.1) is 5.69 Å². The highest BCUT2D eigenvalue weighted by Gasteiger charge is 2.25. The number of carbonyl (C=O) groups excluding carboxylic acids is 1. The summed E-state index contributed by atoms with van der Waals surface area (Å²) in [4.78, 5) is 15.1. The molecule has 88 valence electrons. The van der Waals surface area contributed by atoms with Crippen LogP contribution in [0, 0.1) is 6.92 Å². The Bertz CT molecular complexity index is 381. The molecule has 1 heterocycles. The topological polar surface area (TPSA) is 59.0 Å². The Kier molecular flexibility index (Phi) is 3.12. The van der Waals surface area contributed by atoms with Gasteiger partial charge < -0.3 is 15.2 Å². The molecule has 0 aliphatic heterocycles. The summed E-state index contributed by atoms with van der Waals surface area (Å²) in [5.41, 5.74) is 1.04. The number of aromatic nitrogens is 2. The first kappa shape index (κ1) is 11.0. The summed E-state index contributed by atoms with van der Waals surface area (Å²) in [5.74, 6) is 0.925. The monoisotopic (exact) mass is 222 g/mol. The van der Waals surface area contributed by atoms with E-state index in [-0.39, 0.29) is 5.91 Å². The maximum Gasteiger partial charge on any atom is 0.216 e. The lowest BCUT2D eigenvalue weighted by Gasteiger charge is -2.08. The van der Waals surface area contributed by atoms with E-state index in [1.165, 1.54) is 19.8 Å². The van der Waals surface area contributed by atoms with Crippen LogP contribution in [-0.2, 0) is 4.79 Å². The average molecular weight is 222 g/mol. The van der Waals surface area contributed by atoms with E-state index in [0.29, 0.717) is 19.1 Å². The van der Waals surface area contributed by atoms with E-state index >= 15 is 0 Å². The molecule has 1 saturated carbocycles. The van der Waals surface area contributed by atoms with Crippen LogP contribution in [0.5, 0.6) is 0 Å². The highest BCUT2D eigenvalue weighted by molar-refractivity contribution is 5.72. The third-order valence-corrected chi connectivity index (χ3v) is 2.58. The molecule has 0 aromatic carbocycles. The van der Waals surface area contributed by atoms with Crippen molar-refractivity contribution in [3.05, 3.63) is 11.9 Å². The number of anilines is 1. The maximum absolute atomic E-state index is 10.7. The molecule has 0 saturated heterocycles. The number of imidazole rings is 1. The molecule has 1 aliphatic carbocycles. The minimum absolute atomic E-state index is 0.00325. The number of amides is 1. The van der Waals surface area contributed by atoms with Crippen molar-refractivity contribution in [2.45, 2.75) is 32.7 Å². The van der Waals surface area contributed by atoms with Crippen molar-refractivity contribution in [1.29, 1.82) is 0 Å². The molecule has 16 heavy (non-hydrogen) atoms. The molecule has 0 radical (unpaired) electrons. The van der Waals surface area contributed by atoms with Crippen LogP contribution in [0.25, 0.3) is 0 Å². The van der Waals surface area contributed by atoms with Gasteiger partial charge in [0.15, 0.2) is 0 Å².